The first-order valence-corrected chi connectivity index (χ1v) is 9.14. The van der Waals surface area contributed by atoms with Gasteiger partial charge in [-0.3, -0.25) is 0 Å². The van der Waals surface area contributed by atoms with E-state index in [0.29, 0.717) is 6.42 Å². The van der Waals surface area contributed by atoms with Crippen LogP contribution in [0.15, 0.2) is 17.0 Å². The Hall–Kier alpha value is -0.500. The average molecular weight is 341 g/mol. The summed E-state index contributed by atoms with van der Waals surface area (Å²) in [4.78, 5) is -0.170. The molecule has 114 valence electrons. The molecule has 0 fully saturated rings. The van der Waals surface area contributed by atoms with Crippen LogP contribution in [0.4, 0.5) is 10.1 Å². The van der Waals surface area contributed by atoms with Crippen molar-refractivity contribution in [3.05, 3.63) is 23.0 Å². The fourth-order valence-electron chi connectivity index (χ4n) is 1.60. The van der Waals surface area contributed by atoms with E-state index in [4.69, 9.17) is 17.3 Å². The van der Waals surface area contributed by atoms with Crippen LogP contribution in [0.1, 0.15) is 13.3 Å². The molecule has 1 aromatic carbocycles. The molecule has 0 aliphatic heterocycles. The zero-order chi connectivity index (χ0) is 15.5. The van der Waals surface area contributed by atoms with Crippen molar-refractivity contribution in [1.82, 2.24) is 4.31 Å². The molecule has 0 amide bonds. The normalized spacial score (nSPS) is 13.7. The second-order valence-corrected chi connectivity index (χ2v) is 7.81. The van der Waals surface area contributed by atoms with Crippen molar-refractivity contribution < 1.29 is 12.8 Å². The molecule has 1 aromatic rings. The van der Waals surface area contributed by atoms with Crippen molar-refractivity contribution in [3.63, 3.8) is 0 Å². The number of nitrogen functional groups attached to an aromatic ring is 1. The van der Waals surface area contributed by atoms with Crippen LogP contribution in [0.5, 0.6) is 0 Å². The Morgan fingerprint density at radius 2 is 2.10 bits per heavy atom. The third-order valence-electron chi connectivity index (χ3n) is 3.07. The lowest BCUT2D eigenvalue weighted by molar-refractivity contribution is 0.382. The van der Waals surface area contributed by atoms with Gasteiger partial charge in [-0.15, -0.1) is 0 Å². The van der Waals surface area contributed by atoms with E-state index in [1.807, 2.05) is 13.2 Å². The molecule has 0 aliphatic carbocycles. The van der Waals surface area contributed by atoms with E-state index in [2.05, 4.69) is 0 Å². The maximum atomic E-state index is 13.3. The summed E-state index contributed by atoms with van der Waals surface area (Å²) in [7, 11) is -2.31. The summed E-state index contributed by atoms with van der Waals surface area (Å²) in [5, 5.41) is -0.166. The van der Waals surface area contributed by atoms with Crippen LogP contribution in [-0.2, 0) is 10.0 Å². The summed E-state index contributed by atoms with van der Waals surface area (Å²) in [6.07, 6.45) is 2.67. The number of halogens is 2. The van der Waals surface area contributed by atoms with Gasteiger partial charge >= 0.3 is 0 Å². The molecule has 0 bridgehead atoms. The molecule has 0 spiro atoms. The summed E-state index contributed by atoms with van der Waals surface area (Å²) < 4.78 is 39.4. The third kappa shape index (κ3) is 3.78. The predicted molar refractivity (Wildman–Crippen MR) is 83.2 cm³/mol. The molecular formula is C12H18ClFN2O2S2. The standard InChI is InChI=1S/C12H18ClFN2O2S2/c1-8(4-5-19-3)16(2)20(17,18)12-7-11(15)10(14)6-9(12)13/h6-8H,4-5,15H2,1-3H3. The number of hydrogen-bond acceptors (Lipinski definition) is 4. The highest BCUT2D eigenvalue weighted by Gasteiger charge is 2.28. The van der Waals surface area contributed by atoms with Crippen LogP contribution in [-0.4, -0.2) is 37.8 Å². The SMILES string of the molecule is CSCCC(C)N(C)S(=O)(=O)c1cc(N)c(F)cc1Cl. The molecule has 0 saturated carbocycles. The molecule has 2 N–H and O–H groups in total. The van der Waals surface area contributed by atoms with Gasteiger partial charge in [-0.25, -0.2) is 12.8 Å². The summed E-state index contributed by atoms with van der Waals surface area (Å²) in [6.45, 7) is 1.81. The minimum absolute atomic E-state index is 0.166. The van der Waals surface area contributed by atoms with Crippen LogP contribution < -0.4 is 5.73 Å². The van der Waals surface area contributed by atoms with Gasteiger partial charge in [-0.1, -0.05) is 11.6 Å². The zero-order valence-corrected chi connectivity index (χ0v) is 13.9. The van der Waals surface area contributed by atoms with Gasteiger partial charge < -0.3 is 5.73 Å². The Morgan fingerprint density at radius 1 is 1.50 bits per heavy atom. The molecule has 20 heavy (non-hydrogen) atoms. The summed E-state index contributed by atoms with van der Waals surface area (Å²) in [5.41, 5.74) is 5.18. The Kier molecular flexibility index (Phi) is 6.12. The van der Waals surface area contributed by atoms with Crippen molar-refractivity contribution in [3.8, 4) is 0 Å². The zero-order valence-electron chi connectivity index (χ0n) is 11.6. The highest BCUT2D eigenvalue weighted by Crippen LogP contribution is 2.29. The van der Waals surface area contributed by atoms with E-state index >= 15 is 0 Å². The smallest absolute Gasteiger partial charge is 0.244 e. The van der Waals surface area contributed by atoms with Crippen LogP contribution in [0, 0.1) is 5.82 Å². The van der Waals surface area contributed by atoms with Gasteiger partial charge in [0.2, 0.25) is 10.0 Å². The van der Waals surface area contributed by atoms with Crippen molar-refractivity contribution >= 4 is 39.1 Å². The molecule has 1 rings (SSSR count). The fraction of sp³-hybridized carbons (Fsp3) is 0.500. The first-order chi connectivity index (χ1) is 9.21. The number of rotatable bonds is 6. The van der Waals surface area contributed by atoms with Gasteiger partial charge in [0.1, 0.15) is 10.7 Å². The highest BCUT2D eigenvalue weighted by molar-refractivity contribution is 7.98. The number of sulfonamides is 1. The van der Waals surface area contributed by atoms with Gasteiger partial charge in [0, 0.05) is 13.1 Å². The maximum absolute atomic E-state index is 13.3. The van der Waals surface area contributed by atoms with Crippen molar-refractivity contribution in [2.45, 2.75) is 24.3 Å². The Morgan fingerprint density at radius 3 is 2.65 bits per heavy atom. The first-order valence-electron chi connectivity index (χ1n) is 5.93. The molecule has 0 heterocycles. The maximum Gasteiger partial charge on any atom is 0.244 e. The number of hydrogen-bond donors (Lipinski definition) is 1. The van der Waals surface area contributed by atoms with Crippen molar-refractivity contribution in [2.24, 2.45) is 0 Å². The van der Waals surface area contributed by atoms with Gasteiger partial charge in [-0.2, -0.15) is 16.1 Å². The van der Waals surface area contributed by atoms with Crippen LogP contribution >= 0.6 is 23.4 Å². The molecule has 4 nitrogen and oxygen atoms in total. The molecule has 0 saturated heterocycles. The van der Waals surface area contributed by atoms with E-state index in [-0.39, 0.29) is 21.6 Å². The van der Waals surface area contributed by atoms with Crippen molar-refractivity contribution in [1.29, 1.82) is 0 Å². The van der Waals surface area contributed by atoms with Gasteiger partial charge in [-0.05, 0) is 37.5 Å². The van der Waals surface area contributed by atoms with E-state index in [9.17, 15) is 12.8 Å². The lowest BCUT2D eigenvalue weighted by atomic mass is 10.3. The number of anilines is 1. The van der Waals surface area contributed by atoms with E-state index in [1.54, 1.807) is 11.8 Å². The van der Waals surface area contributed by atoms with E-state index < -0.39 is 15.8 Å². The summed E-state index contributed by atoms with van der Waals surface area (Å²) in [5.74, 6) is 0.118. The second kappa shape index (κ2) is 6.98. The molecule has 1 unspecified atom stereocenters. The van der Waals surface area contributed by atoms with Crippen LogP contribution in [0.2, 0.25) is 5.02 Å². The number of thioether (sulfide) groups is 1. The summed E-state index contributed by atoms with van der Waals surface area (Å²) >= 11 is 7.48. The van der Waals surface area contributed by atoms with Crippen molar-refractivity contribution in [2.75, 3.05) is 24.8 Å². The third-order valence-corrected chi connectivity index (χ3v) is 6.15. The highest BCUT2D eigenvalue weighted by atomic mass is 35.5. The van der Waals surface area contributed by atoms with Crippen LogP contribution in [0.3, 0.4) is 0 Å². The van der Waals surface area contributed by atoms with Gasteiger partial charge in [0.25, 0.3) is 0 Å². The Labute approximate surface area is 128 Å². The quantitative estimate of drug-likeness (QED) is 0.809. The number of nitrogens with zero attached hydrogens (tertiary/aromatic N) is 1. The average Bonchev–Trinajstić information content (AvgIpc) is 2.38. The lowest BCUT2D eigenvalue weighted by Crippen LogP contribution is -2.35. The molecule has 8 heteroatoms. The van der Waals surface area contributed by atoms with E-state index in [1.165, 1.54) is 11.4 Å². The minimum atomic E-state index is -3.79. The van der Waals surface area contributed by atoms with E-state index in [0.717, 1.165) is 17.9 Å². The molecular weight excluding hydrogens is 323 g/mol. The molecule has 0 radical (unpaired) electrons. The fourth-order valence-corrected chi connectivity index (χ4v) is 4.10. The predicted octanol–water partition coefficient (Wildman–Crippen LogP) is 2.82. The monoisotopic (exact) mass is 340 g/mol. The largest absolute Gasteiger partial charge is 0.396 e. The lowest BCUT2D eigenvalue weighted by Gasteiger charge is -2.24. The molecule has 0 aromatic heterocycles. The topological polar surface area (TPSA) is 63.4 Å². The van der Waals surface area contributed by atoms with Gasteiger partial charge in [0.05, 0.1) is 10.7 Å². The number of nitrogens with two attached hydrogens (primary N) is 1. The molecule has 0 aliphatic rings. The first kappa shape index (κ1) is 17.6. The van der Waals surface area contributed by atoms with Gasteiger partial charge in [0.15, 0.2) is 0 Å². The molecule has 1 atom stereocenters. The Bertz CT molecular complexity index is 581. The Balaban J connectivity index is 3.13. The minimum Gasteiger partial charge on any atom is -0.396 e. The second-order valence-electron chi connectivity index (χ2n) is 4.46. The summed E-state index contributed by atoms with van der Waals surface area (Å²) in [6, 6.07) is 1.80. The van der Waals surface area contributed by atoms with Crippen LogP contribution in [0.25, 0.3) is 0 Å². The number of benzene rings is 1.